The summed E-state index contributed by atoms with van der Waals surface area (Å²) < 4.78 is 5.60. The normalized spacial score (nSPS) is 19.2. The lowest BCUT2D eigenvalue weighted by Gasteiger charge is -2.24. The first-order valence-electron chi connectivity index (χ1n) is 4.68. The first-order valence-corrected chi connectivity index (χ1v) is 4.68. The zero-order valence-electron chi connectivity index (χ0n) is 8.54. The van der Waals surface area contributed by atoms with E-state index in [0.29, 0.717) is 0 Å². The molecular weight excluding hydrogens is 198 g/mol. The van der Waals surface area contributed by atoms with Crippen molar-refractivity contribution < 1.29 is 4.74 Å². The van der Waals surface area contributed by atoms with Crippen LogP contribution in [0.5, 0.6) is 5.75 Å². The Balaban J connectivity index is 0.000000980. The van der Waals surface area contributed by atoms with Crippen LogP contribution in [0.1, 0.15) is 29.2 Å². The second-order valence-electron chi connectivity index (χ2n) is 3.74. The van der Waals surface area contributed by atoms with E-state index < -0.39 is 0 Å². The SMILES string of the molecule is Cc1cc(C)c2c(c1)[C@@H](N)CCO2.Cl. The molecule has 0 spiro atoms. The van der Waals surface area contributed by atoms with Crippen molar-refractivity contribution in [3.63, 3.8) is 0 Å². The van der Waals surface area contributed by atoms with Gasteiger partial charge in [-0.05, 0) is 19.4 Å². The predicted molar refractivity (Wildman–Crippen MR) is 60.2 cm³/mol. The van der Waals surface area contributed by atoms with Gasteiger partial charge in [0.05, 0.1) is 6.61 Å². The van der Waals surface area contributed by atoms with Gasteiger partial charge in [-0.25, -0.2) is 0 Å². The summed E-state index contributed by atoms with van der Waals surface area (Å²) >= 11 is 0. The van der Waals surface area contributed by atoms with E-state index in [0.717, 1.165) is 18.8 Å². The third kappa shape index (κ3) is 1.86. The van der Waals surface area contributed by atoms with Crippen LogP contribution >= 0.6 is 12.4 Å². The van der Waals surface area contributed by atoms with E-state index in [1.807, 2.05) is 0 Å². The van der Waals surface area contributed by atoms with Crippen LogP contribution in [0.3, 0.4) is 0 Å². The van der Waals surface area contributed by atoms with Gasteiger partial charge >= 0.3 is 0 Å². The van der Waals surface area contributed by atoms with Crippen LogP contribution in [0.15, 0.2) is 12.1 Å². The van der Waals surface area contributed by atoms with Crippen LogP contribution < -0.4 is 10.5 Å². The molecule has 2 rings (SSSR count). The van der Waals surface area contributed by atoms with Gasteiger partial charge in [0.15, 0.2) is 0 Å². The molecule has 2 N–H and O–H groups in total. The third-order valence-electron chi connectivity index (χ3n) is 2.52. The van der Waals surface area contributed by atoms with E-state index in [-0.39, 0.29) is 18.4 Å². The number of fused-ring (bicyclic) bond motifs is 1. The molecule has 1 aromatic carbocycles. The van der Waals surface area contributed by atoms with Crippen LogP contribution in [-0.2, 0) is 0 Å². The minimum atomic E-state index is 0. The molecule has 1 aliphatic rings. The standard InChI is InChI=1S/C11H15NO.ClH/c1-7-5-8(2)11-9(6-7)10(12)3-4-13-11;/h5-6,10H,3-4,12H2,1-2H3;1H/t10-;/m0./s1. The highest BCUT2D eigenvalue weighted by atomic mass is 35.5. The van der Waals surface area contributed by atoms with Crippen LogP contribution in [0, 0.1) is 13.8 Å². The highest BCUT2D eigenvalue weighted by Crippen LogP contribution is 2.34. The summed E-state index contributed by atoms with van der Waals surface area (Å²) in [5.41, 5.74) is 9.63. The van der Waals surface area contributed by atoms with E-state index in [1.54, 1.807) is 0 Å². The highest BCUT2D eigenvalue weighted by Gasteiger charge is 2.19. The second kappa shape index (κ2) is 4.20. The van der Waals surface area contributed by atoms with Crippen molar-refractivity contribution in [2.45, 2.75) is 26.3 Å². The molecule has 0 fully saturated rings. The van der Waals surface area contributed by atoms with Crippen LogP contribution in [0.2, 0.25) is 0 Å². The van der Waals surface area contributed by atoms with Gasteiger partial charge < -0.3 is 10.5 Å². The first-order chi connectivity index (χ1) is 6.18. The maximum absolute atomic E-state index is 6.00. The van der Waals surface area contributed by atoms with Crippen molar-refractivity contribution in [2.75, 3.05) is 6.61 Å². The monoisotopic (exact) mass is 213 g/mol. The maximum atomic E-state index is 6.00. The van der Waals surface area contributed by atoms with Crippen molar-refractivity contribution in [1.29, 1.82) is 0 Å². The molecule has 0 aromatic heterocycles. The third-order valence-corrected chi connectivity index (χ3v) is 2.52. The fraction of sp³-hybridized carbons (Fsp3) is 0.455. The molecule has 78 valence electrons. The van der Waals surface area contributed by atoms with Crippen molar-refractivity contribution in [3.8, 4) is 5.75 Å². The van der Waals surface area contributed by atoms with Crippen LogP contribution in [0.25, 0.3) is 0 Å². The molecule has 1 aliphatic heterocycles. The first kappa shape index (κ1) is 11.3. The van der Waals surface area contributed by atoms with E-state index in [9.17, 15) is 0 Å². The zero-order valence-corrected chi connectivity index (χ0v) is 9.36. The fourth-order valence-electron chi connectivity index (χ4n) is 1.90. The summed E-state index contributed by atoms with van der Waals surface area (Å²) in [4.78, 5) is 0. The number of benzene rings is 1. The summed E-state index contributed by atoms with van der Waals surface area (Å²) in [6, 6.07) is 4.42. The quantitative estimate of drug-likeness (QED) is 0.719. The van der Waals surface area contributed by atoms with Gasteiger partial charge in [0.2, 0.25) is 0 Å². The van der Waals surface area contributed by atoms with Crippen molar-refractivity contribution >= 4 is 12.4 Å². The Morgan fingerprint density at radius 1 is 1.36 bits per heavy atom. The Bertz CT molecular complexity index is 338. The lowest BCUT2D eigenvalue weighted by Crippen LogP contribution is -2.21. The molecule has 1 atom stereocenters. The van der Waals surface area contributed by atoms with E-state index in [4.69, 9.17) is 10.5 Å². The van der Waals surface area contributed by atoms with Crippen molar-refractivity contribution in [2.24, 2.45) is 5.73 Å². The van der Waals surface area contributed by atoms with E-state index in [2.05, 4.69) is 26.0 Å². The molecule has 3 heteroatoms. The smallest absolute Gasteiger partial charge is 0.126 e. The fourth-order valence-corrected chi connectivity index (χ4v) is 1.90. The summed E-state index contributed by atoms with van der Waals surface area (Å²) in [5.74, 6) is 1.00. The number of rotatable bonds is 0. The molecule has 0 saturated carbocycles. The average Bonchev–Trinajstić information content (AvgIpc) is 2.07. The molecule has 0 saturated heterocycles. The molecule has 1 heterocycles. The Hall–Kier alpha value is -0.730. The minimum Gasteiger partial charge on any atom is -0.493 e. The Labute approximate surface area is 90.9 Å². The maximum Gasteiger partial charge on any atom is 0.126 e. The largest absolute Gasteiger partial charge is 0.493 e. The Morgan fingerprint density at radius 3 is 2.79 bits per heavy atom. The molecule has 2 nitrogen and oxygen atoms in total. The van der Waals surface area contributed by atoms with Gasteiger partial charge in [0.25, 0.3) is 0 Å². The minimum absolute atomic E-state index is 0. The molecule has 0 aliphatic carbocycles. The summed E-state index contributed by atoms with van der Waals surface area (Å²) in [5, 5.41) is 0. The van der Waals surface area contributed by atoms with E-state index in [1.165, 1.54) is 16.7 Å². The summed E-state index contributed by atoms with van der Waals surface area (Å²) in [6.07, 6.45) is 0.926. The summed E-state index contributed by atoms with van der Waals surface area (Å²) in [6.45, 7) is 4.91. The molecule has 0 unspecified atom stereocenters. The van der Waals surface area contributed by atoms with Gasteiger partial charge in [0, 0.05) is 18.0 Å². The zero-order chi connectivity index (χ0) is 9.42. The molecule has 0 amide bonds. The lowest BCUT2D eigenvalue weighted by molar-refractivity contribution is 0.267. The average molecular weight is 214 g/mol. The number of hydrogen-bond acceptors (Lipinski definition) is 2. The number of ether oxygens (including phenoxy) is 1. The number of aryl methyl sites for hydroxylation is 2. The number of nitrogens with two attached hydrogens (primary N) is 1. The Morgan fingerprint density at radius 2 is 2.07 bits per heavy atom. The molecule has 14 heavy (non-hydrogen) atoms. The Kier molecular flexibility index (Phi) is 3.40. The van der Waals surface area contributed by atoms with Gasteiger partial charge in [-0.3, -0.25) is 0 Å². The van der Waals surface area contributed by atoms with Crippen molar-refractivity contribution in [3.05, 3.63) is 28.8 Å². The van der Waals surface area contributed by atoms with Gasteiger partial charge in [-0.1, -0.05) is 17.7 Å². The number of hydrogen-bond donors (Lipinski definition) is 1. The highest BCUT2D eigenvalue weighted by molar-refractivity contribution is 5.85. The van der Waals surface area contributed by atoms with E-state index >= 15 is 0 Å². The topological polar surface area (TPSA) is 35.2 Å². The summed E-state index contributed by atoms with van der Waals surface area (Å²) in [7, 11) is 0. The van der Waals surface area contributed by atoms with Crippen LogP contribution in [0.4, 0.5) is 0 Å². The van der Waals surface area contributed by atoms with Crippen molar-refractivity contribution in [1.82, 2.24) is 0 Å². The molecule has 0 bridgehead atoms. The van der Waals surface area contributed by atoms with Gasteiger partial charge in [-0.2, -0.15) is 0 Å². The predicted octanol–water partition coefficient (Wildman–Crippen LogP) is 2.51. The molecule has 1 aromatic rings. The molecule has 0 radical (unpaired) electrons. The van der Waals surface area contributed by atoms with Gasteiger partial charge in [0.1, 0.15) is 5.75 Å². The number of halogens is 1. The molecular formula is C11H16ClNO. The van der Waals surface area contributed by atoms with Crippen LogP contribution in [-0.4, -0.2) is 6.61 Å². The van der Waals surface area contributed by atoms with Gasteiger partial charge in [-0.15, -0.1) is 12.4 Å². The second-order valence-corrected chi connectivity index (χ2v) is 3.74. The lowest BCUT2D eigenvalue weighted by atomic mass is 9.96.